The number of pyridine rings is 1. The molecule has 0 bridgehead atoms. The second kappa shape index (κ2) is 5.92. The van der Waals surface area contributed by atoms with Gasteiger partial charge in [-0.05, 0) is 34.7 Å². The van der Waals surface area contributed by atoms with Crippen molar-refractivity contribution in [3.63, 3.8) is 0 Å². The van der Waals surface area contributed by atoms with Crippen molar-refractivity contribution in [2.45, 2.75) is 0 Å². The van der Waals surface area contributed by atoms with Crippen LogP contribution in [-0.4, -0.2) is 17.4 Å². The van der Waals surface area contributed by atoms with Gasteiger partial charge in [-0.25, -0.2) is 4.98 Å². The number of hydrogen-bond acceptors (Lipinski definition) is 2. The summed E-state index contributed by atoms with van der Waals surface area (Å²) in [7, 11) is 1.55. The molecule has 0 atom stereocenters. The lowest BCUT2D eigenvalue weighted by Gasteiger charge is -2.04. The van der Waals surface area contributed by atoms with Crippen LogP contribution in [0.25, 0.3) is 3.58 Å². The molecule has 0 saturated heterocycles. The Bertz CT molecular complexity index is 357. The van der Waals surface area contributed by atoms with Gasteiger partial charge < -0.3 is 4.74 Å². The minimum absolute atomic E-state index is 0.460. The SMILES string of the molecule is COc1nc(C(I)=CCBr)ccc1Cl. The molecule has 76 valence electrons. The molecule has 0 aliphatic carbocycles. The van der Waals surface area contributed by atoms with Gasteiger partial charge in [0.2, 0.25) is 5.88 Å². The smallest absolute Gasteiger partial charge is 0.232 e. The Kier molecular flexibility index (Phi) is 5.19. The van der Waals surface area contributed by atoms with Crippen molar-refractivity contribution in [3.05, 3.63) is 28.9 Å². The van der Waals surface area contributed by atoms with Crippen LogP contribution in [-0.2, 0) is 0 Å². The molecule has 0 fully saturated rings. The van der Waals surface area contributed by atoms with Gasteiger partial charge in [-0.1, -0.05) is 33.6 Å². The Balaban J connectivity index is 3.06. The Morgan fingerprint density at radius 3 is 3.00 bits per heavy atom. The summed E-state index contributed by atoms with van der Waals surface area (Å²) in [4.78, 5) is 4.26. The van der Waals surface area contributed by atoms with Gasteiger partial charge in [0.25, 0.3) is 0 Å². The van der Waals surface area contributed by atoms with Crippen LogP contribution in [0.1, 0.15) is 5.69 Å². The van der Waals surface area contributed by atoms with E-state index >= 15 is 0 Å². The Morgan fingerprint density at radius 2 is 2.43 bits per heavy atom. The number of nitrogens with zero attached hydrogens (tertiary/aromatic N) is 1. The molecule has 0 aliphatic heterocycles. The predicted molar refractivity (Wildman–Crippen MR) is 71.6 cm³/mol. The van der Waals surface area contributed by atoms with Crippen LogP contribution in [0.3, 0.4) is 0 Å². The fourth-order valence-electron chi connectivity index (χ4n) is 0.872. The molecular weight excluding hydrogens is 380 g/mol. The van der Waals surface area contributed by atoms with Crippen molar-refractivity contribution in [1.29, 1.82) is 0 Å². The molecule has 1 rings (SSSR count). The molecule has 14 heavy (non-hydrogen) atoms. The summed E-state index contributed by atoms with van der Waals surface area (Å²) in [6.45, 7) is 0. The van der Waals surface area contributed by atoms with Crippen LogP contribution in [0.15, 0.2) is 18.2 Å². The van der Waals surface area contributed by atoms with E-state index in [4.69, 9.17) is 16.3 Å². The van der Waals surface area contributed by atoms with E-state index in [1.54, 1.807) is 13.2 Å². The first-order chi connectivity index (χ1) is 6.69. The second-order valence-electron chi connectivity index (χ2n) is 2.39. The lowest BCUT2D eigenvalue weighted by Crippen LogP contribution is -1.92. The van der Waals surface area contributed by atoms with E-state index in [-0.39, 0.29) is 0 Å². The molecular formula is C9H8BrClINO. The van der Waals surface area contributed by atoms with Crippen molar-refractivity contribution in [1.82, 2.24) is 4.98 Å². The molecule has 0 spiro atoms. The molecule has 1 aromatic rings. The van der Waals surface area contributed by atoms with Gasteiger partial charge in [-0.2, -0.15) is 0 Å². The first kappa shape index (κ1) is 12.3. The largest absolute Gasteiger partial charge is 0.480 e. The van der Waals surface area contributed by atoms with E-state index in [1.165, 1.54) is 0 Å². The Labute approximate surface area is 110 Å². The summed E-state index contributed by atoms with van der Waals surface area (Å²) in [6.07, 6.45) is 2.02. The van der Waals surface area contributed by atoms with Crippen molar-refractivity contribution >= 4 is 53.7 Å². The quantitative estimate of drug-likeness (QED) is 0.579. The van der Waals surface area contributed by atoms with E-state index in [1.807, 2.05) is 12.1 Å². The first-order valence-corrected chi connectivity index (χ1v) is 6.39. The number of ether oxygens (including phenoxy) is 1. The number of allylic oxidation sites excluding steroid dienone is 1. The minimum Gasteiger partial charge on any atom is -0.480 e. The van der Waals surface area contributed by atoms with E-state index in [2.05, 4.69) is 43.5 Å². The minimum atomic E-state index is 0.460. The molecule has 0 aromatic carbocycles. The number of rotatable bonds is 3. The van der Waals surface area contributed by atoms with Crippen LogP contribution in [0, 0.1) is 0 Å². The average molecular weight is 388 g/mol. The number of hydrogen-bond donors (Lipinski definition) is 0. The van der Waals surface area contributed by atoms with Crippen molar-refractivity contribution < 1.29 is 4.74 Å². The Morgan fingerprint density at radius 1 is 1.71 bits per heavy atom. The van der Waals surface area contributed by atoms with Crippen LogP contribution in [0.4, 0.5) is 0 Å². The first-order valence-electron chi connectivity index (χ1n) is 3.81. The van der Waals surface area contributed by atoms with E-state index in [0.717, 1.165) is 14.6 Å². The standard InChI is InChI=1S/C9H8BrClINO/c1-14-9-6(11)2-3-8(13-9)7(12)4-5-10/h2-4H,5H2,1H3. The maximum absolute atomic E-state index is 5.86. The molecule has 5 heteroatoms. The highest BCUT2D eigenvalue weighted by atomic mass is 127. The van der Waals surface area contributed by atoms with Gasteiger partial charge in [0.15, 0.2) is 0 Å². The zero-order chi connectivity index (χ0) is 10.6. The average Bonchev–Trinajstić information content (AvgIpc) is 2.19. The molecule has 0 saturated carbocycles. The van der Waals surface area contributed by atoms with Crippen molar-refractivity contribution in [3.8, 4) is 5.88 Å². The zero-order valence-corrected chi connectivity index (χ0v) is 11.9. The van der Waals surface area contributed by atoms with Gasteiger partial charge >= 0.3 is 0 Å². The molecule has 0 unspecified atom stereocenters. The highest BCUT2D eigenvalue weighted by Crippen LogP contribution is 2.27. The summed E-state index contributed by atoms with van der Waals surface area (Å²) in [5.41, 5.74) is 0.867. The van der Waals surface area contributed by atoms with E-state index in [9.17, 15) is 0 Å². The van der Waals surface area contributed by atoms with Gasteiger partial charge in [-0.3, -0.25) is 0 Å². The van der Waals surface area contributed by atoms with Gasteiger partial charge in [0.05, 0.1) is 12.8 Å². The predicted octanol–water partition coefficient (Wildman–Crippen LogP) is 3.91. The van der Waals surface area contributed by atoms with Gasteiger partial charge in [0, 0.05) is 8.91 Å². The van der Waals surface area contributed by atoms with Crippen LogP contribution < -0.4 is 4.74 Å². The highest BCUT2D eigenvalue weighted by Gasteiger charge is 2.05. The summed E-state index contributed by atoms with van der Waals surface area (Å²) >= 11 is 11.4. The third-order valence-corrected chi connectivity index (χ3v) is 3.11. The second-order valence-corrected chi connectivity index (χ2v) is 4.61. The summed E-state index contributed by atoms with van der Waals surface area (Å²) < 4.78 is 6.09. The fraction of sp³-hybridized carbons (Fsp3) is 0.222. The topological polar surface area (TPSA) is 22.1 Å². The maximum atomic E-state index is 5.86. The Hall–Kier alpha value is 0.190. The van der Waals surface area contributed by atoms with E-state index in [0.29, 0.717) is 10.9 Å². The molecule has 0 N–H and O–H groups in total. The van der Waals surface area contributed by atoms with Gasteiger partial charge in [0.1, 0.15) is 5.02 Å². The number of halogens is 3. The third kappa shape index (κ3) is 3.10. The fourth-order valence-corrected chi connectivity index (χ4v) is 2.50. The maximum Gasteiger partial charge on any atom is 0.232 e. The number of methoxy groups -OCH3 is 1. The van der Waals surface area contributed by atoms with Crippen molar-refractivity contribution in [2.24, 2.45) is 0 Å². The molecule has 0 aliphatic rings. The van der Waals surface area contributed by atoms with Crippen LogP contribution in [0.2, 0.25) is 5.02 Å². The molecule has 1 aromatic heterocycles. The number of alkyl halides is 1. The molecule has 1 heterocycles. The van der Waals surface area contributed by atoms with Crippen LogP contribution >= 0.6 is 50.1 Å². The summed E-state index contributed by atoms with van der Waals surface area (Å²) in [6, 6.07) is 3.65. The van der Waals surface area contributed by atoms with E-state index < -0.39 is 0 Å². The monoisotopic (exact) mass is 387 g/mol. The highest BCUT2D eigenvalue weighted by molar-refractivity contribution is 14.1. The summed E-state index contributed by atoms with van der Waals surface area (Å²) in [5.74, 6) is 0.460. The lowest BCUT2D eigenvalue weighted by molar-refractivity contribution is 0.398. The molecule has 0 radical (unpaired) electrons. The lowest BCUT2D eigenvalue weighted by atomic mass is 10.3. The van der Waals surface area contributed by atoms with Crippen molar-refractivity contribution in [2.75, 3.05) is 12.4 Å². The zero-order valence-electron chi connectivity index (χ0n) is 7.43. The number of aromatic nitrogens is 1. The summed E-state index contributed by atoms with van der Waals surface area (Å²) in [5, 5.41) is 1.33. The molecule has 2 nitrogen and oxygen atoms in total. The molecule has 0 amide bonds. The normalized spacial score (nSPS) is 11.6. The third-order valence-electron chi connectivity index (χ3n) is 1.51. The van der Waals surface area contributed by atoms with Gasteiger partial charge in [-0.15, -0.1) is 0 Å². The van der Waals surface area contributed by atoms with Crippen LogP contribution in [0.5, 0.6) is 5.88 Å².